The maximum atomic E-state index is 13.5. The van der Waals surface area contributed by atoms with Crippen LogP contribution in [0.15, 0.2) is 42.5 Å². The molecule has 0 heterocycles. The first-order valence-electron chi connectivity index (χ1n) is 6.54. The van der Waals surface area contributed by atoms with E-state index in [2.05, 4.69) is 5.32 Å². The Morgan fingerprint density at radius 1 is 1.18 bits per heavy atom. The molecule has 2 aromatic rings. The fraction of sp³-hybridized carbons (Fsp3) is 0.188. The molecule has 2 rings (SSSR count). The molecular weight excluding hydrogens is 312 g/mol. The van der Waals surface area contributed by atoms with Gasteiger partial charge in [0.2, 0.25) is 0 Å². The van der Waals surface area contributed by atoms with Gasteiger partial charge < -0.3 is 10.1 Å². The molecule has 0 fully saturated rings. The molecule has 0 radical (unpaired) electrons. The topological polar surface area (TPSA) is 38.3 Å². The lowest BCUT2D eigenvalue weighted by Crippen LogP contribution is -2.30. The number of amides is 1. The first-order valence-corrected chi connectivity index (χ1v) is 6.91. The van der Waals surface area contributed by atoms with Crippen LogP contribution < -0.4 is 5.32 Å². The molecule has 0 aromatic heterocycles. The van der Waals surface area contributed by atoms with Crippen molar-refractivity contribution in [1.29, 1.82) is 0 Å². The van der Waals surface area contributed by atoms with Crippen molar-refractivity contribution in [3.63, 3.8) is 0 Å². The minimum atomic E-state index is -0.913. The molecule has 3 nitrogen and oxygen atoms in total. The molecule has 0 saturated heterocycles. The molecule has 2 aromatic carbocycles. The van der Waals surface area contributed by atoms with Gasteiger partial charge in [-0.15, -0.1) is 0 Å². The quantitative estimate of drug-likeness (QED) is 0.909. The lowest BCUT2D eigenvalue weighted by Gasteiger charge is -2.18. The molecule has 116 valence electrons. The summed E-state index contributed by atoms with van der Waals surface area (Å²) in [7, 11) is 1.46. The van der Waals surface area contributed by atoms with Crippen LogP contribution in [0.1, 0.15) is 22.0 Å². The van der Waals surface area contributed by atoms with E-state index in [0.717, 1.165) is 12.1 Å². The Bertz CT molecular complexity index is 659. The van der Waals surface area contributed by atoms with Gasteiger partial charge in [-0.3, -0.25) is 4.79 Å². The molecule has 0 bridgehead atoms. The van der Waals surface area contributed by atoms with Gasteiger partial charge in [-0.05, 0) is 18.2 Å². The summed E-state index contributed by atoms with van der Waals surface area (Å²) in [6, 6.07) is 10.3. The van der Waals surface area contributed by atoms with Crippen molar-refractivity contribution in [2.24, 2.45) is 0 Å². The lowest BCUT2D eigenvalue weighted by molar-refractivity contribution is 0.0822. The number of carbonyl (C=O) groups is 1. The molecule has 0 saturated carbocycles. The Kier molecular flexibility index (Phi) is 5.46. The number of ether oxygens (including phenoxy) is 1. The van der Waals surface area contributed by atoms with E-state index in [-0.39, 0.29) is 6.54 Å². The van der Waals surface area contributed by atoms with Gasteiger partial charge in [0.15, 0.2) is 0 Å². The summed E-state index contributed by atoms with van der Waals surface area (Å²) in [4.78, 5) is 11.9. The summed E-state index contributed by atoms with van der Waals surface area (Å²) >= 11 is 6.07. The van der Waals surface area contributed by atoms with Gasteiger partial charge in [-0.1, -0.05) is 35.9 Å². The largest absolute Gasteiger partial charge is 0.375 e. The fourth-order valence-corrected chi connectivity index (χ4v) is 2.30. The van der Waals surface area contributed by atoms with Crippen LogP contribution >= 0.6 is 11.6 Å². The number of nitrogens with one attached hydrogen (secondary N) is 1. The van der Waals surface area contributed by atoms with Crippen molar-refractivity contribution in [3.05, 3.63) is 70.2 Å². The SMILES string of the molecule is COC(CNC(=O)c1c(F)cccc1F)c1ccccc1Cl. The van der Waals surface area contributed by atoms with Gasteiger partial charge in [0.05, 0.1) is 0 Å². The van der Waals surface area contributed by atoms with Crippen LogP contribution in [0.2, 0.25) is 5.02 Å². The molecular formula is C16H14ClF2NO2. The van der Waals surface area contributed by atoms with E-state index in [9.17, 15) is 13.6 Å². The van der Waals surface area contributed by atoms with E-state index >= 15 is 0 Å². The molecule has 6 heteroatoms. The van der Waals surface area contributed by atoms with Crippen LogP contribution in [0.5, 0.6) is 0 Å². The van der Waals surface area contributed by atoms with Gasteiger partial charge in [-0.25, -0.2) is 8.78 Å². The molecule has 0 aliphatic rings. The third-order valence-corrected chi connectivity index (χ3v) is 3.52. The zero-order valence-electron chi connectivity index (χ0n) is 11.8. The first-order chi connectivity index (χ1) is 10.5. The van der Waals surface area contributed by atoms with Crippen LogP contribution in [-0.2, 0) is 4.74 Å². The van der Waals surface area contributed by atoms with Gasteiger partial charge in [0, 0.05) is 24.2 Å². The Morgan fingerprint density at radius 2 is 1.82 bits per heavy atom. The molecule has 0 aliphatic heterocycles. The standard InChI is InChI=1S/C16H14ClF2NO2/c1-22-14(10-5-2-3-6-11(10)17)9-20-16(21)15-12(18)7-4-8-13(15)19/h2-8,14H,9H2,1H3,(H,20,21). The average molecular weight is 326 g/mol. The van der Waals surface area contributed by atoms with Crippen molar-refractivity contribution in [2.75, 3.05) is 13.7 Å². The van der Waals surface area contributed by atoms with E-state index in [1.165, 1.54) is 13.2 Å². The van der Waals surface area contributed by atoms with Gasteiger partial charge in [0.1, 0.15) is 23.3 Å². The number of carbonyl (C=O) groups excluding carboxylic acids is 1. The van der Waals surface area contributed by atoms with Crippen molar-refractivity contribution in [1.82, 2.24) is 5.32 Å². The fourth-order valence-electron chi connectivity index (χ4n) is 2.04. The third-order valence-electron chi connectivity index (χ3n) is 3.17. The van der Waals surface area contributed by atoms with Crippen molar-refractivity contribution >= 4 is 17.5 Å². The molecule has 22 heavy (non-hydrogen) atoms. The minimum absolute atomic E-state index is 0.0346. The zero-order valence-corrected chi connectivity index (χ0v) is 12.5. The number of halogens is 3. The second kappa shape index (κ2) is 7.33. The number of methoxy groups -OCH3 is 1. The van der Waals surface area contributed by atoms with Crippen LogP contribution in [0.3, 0.4) is 0 Å². The Morgan fingerprint density at radius 3 is 2.41 bits per heavy atom. The highest BCUT2D eigenvalue weighted by Gasteiger charge is 2.19. The predicted octanol–water partition coefficient (Wildman–Crippen LogP) is 3.74. The lowest BCUT2D eigenvalue weighted by atomic mass is 10.1. The number of rotatable bonds is 5. The van der Waals surface area contributed by atoms with Crippen LogP contribution in [-0.4, -0.2) is 19.6 Å². The first kappa shape index (κ1) is 16.4. The van der Waals surface area contributed by atoms with Gasteiger partial charge >= 0.3 is 0 Å². The van der Waals surface area contributed by atoms with Crippen molar-refractivity contribution < 1.29 is 18.3 Å². The van der Waals surface area contributed by atoms with Gasteiger partial charge in [0.25, 0.3) is 5.91 Å². The molecule has 1 amide bonds. The number of hydrogen-bond donors (Lipinski definition) is 1. The summed E-state index contributed by atoms with van der Waals surface area (Å²) in [5.41, 5.74) is 0.0671. The Labute approximate surface area is 131 Å². The monoisotopic (exact) mass is 325 g/mol. The van der Waals surface area contributed by atoms with E-state index in [1.54, 1.807) is 24.3 Å². The zero-order chi connectivity index (χ0) is 16.1. The second-order valence-corrected chi connectivity index (χ2v) is 4.96. The highest BCUT2D eigenvalue weighted by Crippen LogP contribution is 2.24. The summed E-state index contributed by atoms with van der Waals surface area (Å²) in [5, 5.41) is 2.94. The highest BCUT2D eigenvalue weighted by molar-refractivity contribution is 6.31. The van der Waals surface area contributed by atoms with Crippen molar-refractivity contribution in [3.8, 4) is 0 Å². The van der Waals surface area contributed by atoms with E-state index < -0.39 is 29.2 Å². The average Bonchev–Trinajstić information content (AvgIpc) is 2.49. The third kappa shape index (κ3) is 3.61. The van der Waals surface area contributed by atoms with Gasteiger partial charge in [-0.2, -0.15) is 0 Å². The molecule has 0 aliphatic carbocycles. The van der Waals surface area contributed by atoms with E-state index in [4.69, 9.17) is 16.3 Å². The normalized spacial score (nSPS) is 12.0. The molecule has 1 N–H and O–H groups in total. The summed E-state index contributed by atoms with van der Waals surface area (Å²) in [5.74, 6) is -2.67. The summed E-state index contributed by atoms with van der Waals surface area (Å²) in [6.45, 7) is 0.0346. The maximum Gasteiger partial charge on any atom is 0.257 e. The summed E-state index contributed by atoms with van der Waals surface area (Å²) in [6.07, 6.45) is -0.521. The van der Waals surface area contributed by atoms with Crippen molar-refractivity contribution in [2.45, 2.75) is 6.10 Å². The molecule has 0 spiro atoms. The highest BCUT2D eigenvalue weighted by atomic mass is 35.5. The van der Waals surface area contributed by atoms with E-state index in [1.807, 2.05) is 0 Å². The maximum absolute atomic E-state index is 13.5. The van der Waals surface area contributed by atoms with E-state index in [0.29, 0.717) is 10.6 Å². The van der Waals surface area contributed by atoms with Crippen LogP contribution in [0, 0.1) is 11.6 Å². The summed E-state index contributed by atoms with van der Waals surface area (Å²) < 4.78 is 32.4. The Balaban J connectivity index is 2.11. The minimum Gasteiger partial charge on any atom is -0.375 e. The molecule has 1 atom stereocenters. The number of hydrogen-bond acceptors (Lipinski definition) is 2. The Hall–Kier alpha value is -1.98. The smallest absolute Gasteiger partial charge is 0.257 e. The van der Waals surface area contributed by atoms with Crippen LogP contribution in [0.25, 0.3) is 0 Å². The molecule has 1 unspecified atom stereocenters. The second-order valence-electron chi connectivity index (χ2n) is 4.55. The predicted molar refractivity (Wildman–Crippen MR) is 79.9 cm³/mol. The van der Waals surface area contributed by atoms with Crippen LogP contribution in [0.4, 0.5) is 8.78 Å². The number of benzene rings is 2.